The molecule has 1 atom stereocenters. The van der Waals surface area contributed by atoms with Gasteiger partial charge in [-0.05, 0) is 12.2 Å². The van der Waals surface area contributed by atoms with Crippen LogP contribution < -0.4 is 0 Å². The average Bonchev–Trinajstić information content (AvgIpc) is 2.24. The molecular weight excluding hydrogens is 200 g/mol. The Labute approximate surface area is 87.3 Å². The summed E-state index contributed by atoms with van der Waals surface area (Å²) in [6.07, 6.45) is 1.77. The van der Waals surface area contributed by atoms with E-state index in [2.05, 4.69) is 0 Å². The first-order chi connectivity index (χ1) is 7.20. The van der Waals surface area contributed by atoms with Gasteiger partial charge in [0.15, 0.2) is 5.78 Å². The molecule has 0 aliphatic heterocycles. The number of ether oxygens (including phenoxy) is 1. The van der Waals surface area contributed by atoms with Crippen LogP contribution in [0.5, 0.6) is 0 Å². The highest BCUT2D eigenvalue weighted by Gasteiger charge is 2.24. The van der Waals surface area contributed by atoms with Crippen LogP contribution in [0.15, 0.2) is 23.5 Å². The first kappa shape index (κ1) is 11.9. The second-order valence-corrected chi connectivity index (χ2v) is 3.06. The number of carbonyl (C=O) groups is 1. The van der Waals surface area contributed by atoms with E-state index in [-0.39, 0.29) is 31.8 Å². The Morgan fingerprint density at radius 1 is 1.33 bits per heavy atom. The lowest BCUT2D eigenvalue weighted by atomic mass is 9.97. The van der Waals surface area contributed by atoms with E-state index in [0.717, 1.165) is 0 Å². The van der Waals surface area contributed by atoms with Crippen molar-refractivity contribution in [3.05, 3.63) is 23.5 Å². The van der Waals surface area contributed by atoms with Crippen molar-refractivity contribution in [3.8, 4) is 0 Å². The van der Waals surface area contributed by atoms with Crippen molar-refractivity contribution < 1.29 is 24.9 Å². The van der Waals surface area contributed by atoms with Gasteiger partial charge in [-0.1, -0.05) is 0 Å². The summed E-state index contributed by atoms with van der Waals surface area (Å²) in [7, 11) is 0. The van der Waals surface area contributed by atoms with Crippen molar-refractivity contribution in [2.24, 2.45) is 0 Å². The van der Waals surface area contributed by atoms with Gasteiger partial charge in [-0.15, -0.1) is 0 Å². The molecule has 1 aliphatic carbocycles. The highest BCUT2D eigenvalue weighted by molar-refractivity contribution is 6.01. The quantitative estimate of drug-likeness (QED) is 0.554. The van der Waals surface area contributed by atoms with E-state index in [0.29, 0.717) is 5.76 Å². The Morgan fingerprint density at radius 3 is 2.67 bits per heavy atom. The maximum Gasteiger partial charge on any atom is 0.194 e. The molecule has 1 unspecified atom stereocenters. The zero-order valence-electron chi connectivity index (χ0n) is 8.22. The Kier molecular flexibility index (Phi) is 4.48. The molecule has 5 nitrogen and oxygen atoms in total. The molecule has 5 heteroatoms. The number of Topliss-reactive ketones (excluding diaryl/α,β-unsaturated/α-hetero) is 1. The summed E-state index contributed by atoms with van der Waals surface area (Å²) >= 11 is 0. The van der Waals surface area contributed by atoms with Crippen molar-refractivity contribution in [2.45, 2.75) is 12.5 Å². The third-order valence-electron chi connectivity index (χ3n) is 2.00. The monoisotopic (exact) mass is 214 g/mol. The van der Waals surface area contributed by atoms with Crippen LogP contribution in [0.4, 0.5) is 0 Å². The fourth-order valence-corrected chi connectivity index (χ4v) is 1.32. The number of rotatable bonds is 5. The van der Waals surface area contributed by atoms with Gasteiger partial charge in [0.2, 0.25) is 0 Å². The molecule has 1 aliphatic rings. The zero-order valence-corrected chi connectivity index (χ0v) is 8.22. The Bertz CT molecular complexity index is 292. The molecule has 0 fully saturated rings. The summed E-state index contributed by atoms with van der Waals surface area (Å²) < 4.78 is 5.12. The van der Waals surface area contributed by atoms with E-state index in [1.54, 1.807) is 0 Å². The normalized spacial score (nSPS) is 21.0. The number of allylic oxidation sites excluding steroid dienone is 1. The second-order valence-electron chi connectivity index (χ2n) is 3.06. The van der Waals surface area contributed by atoms with Crippen molar-refractivity contribution in [1.82, 2.24) is 0 Å². The molecule has 0 aromatic rings. The van der Waals surface area contributed by atoms with Gasteiger partial charge in [-0.3, -0.25) is 4.79 Å². The molecule has 1 rings (SSSR count). The number of aliphatic hydroxyl groups is 3. The van der Waals surface area contributed by atoms with Crippen LogP contribution in [0.3, 0.4) is 0 Å². The van der Waals surface area contributed by atoms with Crippen molar-refractivity contribution in [1.29, 1.82) is 0 Å². The fraction of sp³-hybridized carbons (Fsp3) is 0.500. The third kappa shape index (κ3) is 2.89. The van der Waals surface area contributed by atoms with E-state index >= 15 is 0 Å². The Morgan fingerprint density at radius 2 is 2.07 bits per heavy atom. The van der Waals surface area contributed by atoms with Gasteiger partial charge >= 0.3 is 0 Å². The molecule has 0 bridgehead atoms. The van der Waals surface area contributed by atoms with Crippen molar-refractivity contribution in [3.63, 3.8) is 0 Å². The Hall–Kier alpha value is -1.17. The summed E-state index contributed by atoms with van der Waals surface area (Å²) in [5.41, 5.74) is 0.265. The largest absolute Gasteiger partial charge is 0.491 e. The van der Waals surface area contributed by atoms with Gasteiger partial charge < -0.3 is 20.1 Å². The number of hydrogen-bond acceptors (Lipinski definition) is 5. The highest BCUT2D eigenvalue weighted by atomic mass is 16.5. The standard InChI is InChI=1S/C10H14O5/c11-4-3-7-9(15-6-5-12)2-1-8(13)10(7)14/h1-2,8,11-13H,3-6H2. The molecule has 0 amide bonds. The van der Waals surface area contributed by atoms with E-state index < -0.39 is 11.9 Å². The lowest BCUT2D eigenvalue weighted by Gasteiger charge is -2.17. The molecule has 0 saturated heterocycles. The van der Waals surface area contributed by atoms with Crippen LogP contribution in [0.1, 0.15) is 6.42 Å². The summed E-state index contributed by atoms with van der Waals surface area (Å²) in [6.45, 7) is -0.258. The minimum Gasteiger partial charge on any atom is -0.491 e. The zero-order chi connectivity index (χ0) is 11.3. The first-order valence-corrected chi connectivity index (χ1v) is 4.69. The van der Waals surface area contributed by atoms with Gasteiger partial charge in [-0.2, -0.15) is 0 Å². The van der Waals surface area contributed by atoms with Gasteiger partial charge in [0.05, 0.1) is 6.61 Å². The van der Waals surface area contributed by atoms with Crippen LogP contribution in [0, 0.1) is 0 Å². The predicted octanol–water partition coefficient (Wildman–Crippen LogP) is -0.868. The van der Waals surface area contributed by atoms with E-state index in [1.165, 1.54) is 12.2 Å². The van der Waals surface area contributed by atoms with Crippen LogP contribution in [0.2, 0.25) is 0 Å². The number of hydrogen-bond donors (Lipinski definition) is 3. The predicted molar refractivity (Wildman–Crippen MR) is 51.9 cm³/mol. The van der Waals surface area contributed by atoms with Crippen LogP contribution in [-0.2, 0) is 9.53 Å². The molecule has 0 heterocycles. The smallest absolute Gasteiger partial charge is 0.194 e. The van der Waals surface area contributed by atoms with Gasteiger partial charge in [0, 0.05) is 18.6 Å². The van der Waals surface area contributed by atoms with Gasteiger partial charge in [0.1, 0.15) is 18.5 Å². The summed E-state index contributed by atoms with van der Waals surface area (Å²) in [5.74, 6) is -0.145. The summed E-state index contributed by atoms with van der Waals surface area (Å²) in [5, 5.41) is 26.6. The molecule has 0 aromatic carbocycles. The van der Waals surface area contributed by atoms with Crippen molar-refractivity contribution >= 4 is 5.78 Å². The van der Waals surface area contributed by atoms with E-state index in [1.807, 2.05) is 0 Å². The van der Waals surface area contributed by atoms with E-state index in [4.69, 9.17) is 14.9 Å². The van der Waals surface area contributed by atoms with Gasteiger partial charge in [-0.25, -0.2) is 0 Å². The third-order valence-corrected chi connectivity index (χ3v) is 2.00. The second kappa shape index (κ2) is 5.65. The first-order valence-electron chi connectivity index (χ1n) is 4.69. The molecule has 84 valence electrons. The average molecular weight is 214 g/mol. The van der Waals surface area contributed by atoms with Crippen molar-refractivity contribution in [2.75, 3.05) is 19.8 Å². The van der Waals surface area contributed by atoms with Gasteiger partial charge in [0.25, 0.3) is 0 Å². The molecular formula is C10H14O5. The number of carbonyl (C=O) groups excluding carboxylic acids is 1. The summed E-state index contributed by atoms with van der Waals surface area (Å²) in [4.78, 5) is 11.5. The molecule has 0 aromatic heterocycles. The minimum atomic E-state index is -1.16. The lowest BCUT2D eigenvalue weighted by Crippen LogP contribution is -2.25. The Balaban J connectivity index is 2.83. The highest BCUT2D eigenvalue weighted by Crippen LogP contribution is 2.20. The molecule has 0 spiro atoms. The van der Waals surface area contributed by atoms with E-state index in [9.17, 15) is 9.90 Å². The molecule has 15 heavy (non-hydrogen) atoms. The van der Waals surface area contributed by atoms with Crippen LogP contribution in [0.25, 0.3) is 0 Å². The lowest BCUT2D eigenvalue weighted by molar-refractivity contribution is -0.122. The SMILES string of the molecule is O=C1C(CCO)=C(OCCO)C=CC1O. The molecule has 3 N–H and O–H groups in total. The number of aliphatic hydroxyl groups excluding tert-OH is 3. The summed E-state index contributed by atoms with van der Waals surface area (Å²) in [6, 6.07) is 0. The minimum absolute atomic E-state index is 0.0813. The van der Waals surface area contributed by atoms with Crippen LogP contribution in [-0.4, -0.2) is 47.0 Å². The molecule has 0 radical (unpaired) electrons. The molecule has 0 saturated carbocycles. The van der Waals surface area contributed by atoms with Crippen LogP contribution >= 0.6 is 0 Å². The number of ketones is 1. The maximum absolute atomic E-state index is 11.5. The fourth-order valence-electron chi connectivity index (χ4n) is 1.32. The topological polar surface area (TPSA) is 87.0 Å². The maximum atomic E-state index is 11.5.